The van der Waals surface area contributed by atoms with Crippen LogP contribution in [0.4, 0.5) is 0 Å². The molecule has 2 rings (SSSR count). The number of rotatable bonds is 4. The van der Waals surface area contributed by atoms with Crippen LogP contribution in [0.1, 0.15) is 18.1 Å². The van der Waals surface area contributed by atoms with Gasteiger partial charge in [0, 0.05) is 0 Å². The Hall–Kier alpha value is -2.72. The maximum atomic E-state index is 5.89. The second-order valence-corrected chi connectivity index (χ2v) is 4.64. The summed E-state index contributed by atoms with van der Waals surface area (Å²) >= 11 is 0. The van der Waals surface area contributed by atoms with Crippen LogP contribution in [0.15, 0.2) is 66.8 Å². The molecule has 0 aliphatic heterocycles. The zero-order valence-corrected chi connectivity index (χ0v) is 12.3. The molecule has 2 aromatic rings. The summed E-state index contributed by atoms with van der Waals surface area (Å²) in [6.45, 7) is 4.04. The molecule has 0 N–H and O–H groups in total. The molecule has 0 spiro atoms. The minimum absolute atomic E-state index is 0.840. The molecule has 0 atom stereocenters. The molecule has 1 heteroatoms. The van der Waals surface area contributed by atoms with Crippen LogP contribution >= 0.6 is 0 Å². The smallest absolute Gasteiger partial charge is 0.130 e. The number of aryl methyl sites for hydroxylation is 1. The number of hydrogen-bond donors (Lipinski definition) is 0. The van der Waals surface area contributed by atoms with Gasteiger partial charge in [-0.15, -0.1) is 6.42 Å². The molecule has 1 nitrogen and oxygen atoms in total. The Labute approximate surface area is 126 Å². The van der Waals surface area contributed by atoms with Crippen LogP contribution < -0.4 is 4.74 Å². The predicted octanol–water partition coefficient (Wildman–Crippen LogP) is 5.38. The number of hydrogen-bond acceptors (Lipinski definition) is 1. The van der Waals surface area contributed by atoms with Crippen molar-refractivity contribution in [3.05, 3.63) is 77.9 Å². The molecule has 21 heavy (non-hydrogen) atoms. The number of para-hydroxylation sites is 1. The highest BCUT2D eigenvalue weighted by molar-refractivity contribution is 5.75. The zero-order chi connectivity index (χ0) is 15.1. The molecule has 0 radical (unpaired) electrons. The van der Waals surface area contributed by atoms with E-state index in [9.17, 15) is 0 Å². The second kappa shape index (κ2) is 7.17. The quantitative estimate of drug-likeness (QED) is 0.537. The lowest BCUT2D eigenvalue weighted by Gasteiger charge is -2.11. The van der Waals surface area contributed by atoms with Crippen LogP contribution in [0, 0.1) is 19.3 Å². The number of allylic oxidation sites excluding steroid dienone is 4. The van der Waals surface area contributed by atoms with Crippen LogP contribution in [-0.4, -0.2) is 0 Å². The Morgan fingerprint density at radius 1 is 1.14 bits per heavy atom. The summed E-state index contributed by atoms with van der Waals surface area (Å²) < 4.78 is 5.89. The molecule has 104 valence electrons. The van der Waals surface area contributed by atoms with Crippen molar-refractivity contribution in [1.82, 2.24) is 0 Å². The Balaban J connectivity index is 2.26. The van der Waals surface area contributed by atoms with Crippen molar-refractivity contribution in [1.29, 1.82) is 0 Å². The van der Waals surface area contributed by atoms with Gasteiger partial charge in [0.25, 0.3) is 0 Å². The van der Waals surface area contributed by atoms with Gasteiger partial charge in [-0.25, -0.2) is 0 Å². The molecular formula is C20H18O. The first-order valence-corrected chi connectivity index (χ1v) is 6.87. The van der Waals surface area contributed by atoms with E-state index in [0.29, 0.717) is 0 Å². The molecule has 0 bridgehead atoms. The topological polar surface area (TPSA) is 9.23 Å². The molecule has 0 heterocycles. The average Bonchev–Trinajstić information content (AvgIpc) is 2.51. The van der Waals surface area contributed by atoms with Crippen LogP contribution in [0.5, 0.6) is 11.5 Å². The molecule has 0 saturated carbocycles. The molecule has 0 aliphatic rings. The standard InChI is InChI=1S/C20H18O/c1-4-6-10-17(5-2)18-13-14-20(16(3)15-18)21-19-11-8-7-9-12-19/h1,5-15H,2-3H3/b10-6-,17-5+. The Bertz CT molecular complexity index is 700. The van der Waals surface area contributed by atoms with Crippen molar-refractivity contribution >= 4 is 5.57 Å². The van der Waals surface area contributed by atoms with E-state index >= 15 is 0 Å². The van der Waals surface area contributed by atoms with Gasteiger partial charge in [0.1, 0.15) is 11.5 Å². The lowest BCUT2D eigenvalue weighted by molar-refractivity contribution is 0.479. The van der Waals surface area contributed by atoms with Crippen molar-refractivity contribution < 1.29 is 4.74 Å². The molecular weight excluding hydrogens is 256 g/mol. The third-order valence-electron chi connectivity index (χ3n) is 3.15. The summed E-state index contributed by atoms with van der Waals surface area (Å²) in [6, 6.07) is 15.9. The van der Waals surface area contributed by atoms with Crippen molar-refractivity contribution in [2.75, 3.05) is 0 Å². The molecule has 0 saturated heterocycles. The van der Waals surface area contributed by atoms with Gasteiger partial charge in [0.2, 0.25) is 0 Å². The highest BCUT2D eigenvalue weighted by atomic mass is 16.5. The molecule has 0 amide bonds. The zero-order valence-electron chi connectivity index (χ0n) is 12.3. The van der Waals surface area contributed by atoms with Crippen molar-refractivity contribution in [2.45, 2.75) is 13.8 Å². The molecule has 0 aliphatic carbocycles. The summed E-state index contributed by atoms with van der Waals surface area (Å²) in [6.07, 6.45) is 11.0. The van der Waals surface area contributed by atoms with Gasteiger partial charge in [-0.2, -0.15) is 0 Å². The monoisotopic (exact) mass is 274 g/mol. The fourth-order valence-corrected chi connectivity index (χ4v) is 2.06. The van der Waals surface area contributed by atoms with Gasteiger partial charge in [0.15, 0.2) is 0 Å². The highest BCUT2D eigenvalue weighted by Gasteiger charge is 2.04. The van der Waals surface area contributed by atoms with Crippen molar-refractivity contribution in [3.63, 3.8) is 0 Å². The van der Waals surface area contributed by atoms with Crippen molar-refractivity contribution in [2.24, 2.45) is 0 Å². The van der Waals surface area contributed by atoms with Gasteiger partial charge in [0.05, 0.1) is 0 Å². The van der Waals surface area contributed by atoms with Gasteiger partial charge < -0.3 is 4.74 Å². The van der Waals surface area contributed by atoms with Gasteiger partial charge in [-0.1, -0.05) is 36.3 Å². The van der Waals surface area contributed by atoms with E-state index in [2.05, 4.69) is 12.0 Å². The van der Waals surface area contributed by atoms with E-state index in [0.717, 1.165) is 28.2 Å². The number of terminal acetylenes is 1. The van der Waals surface area contributed by atoms with E-state index in [1.807, 2.05) is 68.5 Å². The van der Waals surface area contributed by atoms with Gasteiger partial charge in [-0.3, -0.25) is 0 Å². The second-order valence-electron chi connectivity index (χ2n) is 4.64. The summed E-state index contributed by atoms with van der Waals surface area (Å²) in [4.78, 5) is 0. The summed E-state index contributed by atoms with van der Waals surface area (Å²) in [7, 11) is 0. The van der Waals surface area contributed by atoms with Crippen LogP contribution in [0.25, 0.3) is 5.57 Å². The maximum absolute atomic E-state index is 5.89. The normalized spacial score (nSPS) is 11.4. The first-order valence-electron chi connectivity index (χ1n) is 6.87. The van der Waals surface area contributed by atoms with Crippen LogP contribution in [0.2, 0.25) is 0 Å². The minimum atomic E-state index is 0.840. The third kappa shape index (κ3) is 3.87. The predicted molar refractivity (Wildman–Crippen MR) is 89.3 cm³/mol. The van der Waals surface area contributed by atoms with E-state index in [4.69, 9.17) is 11.2 Å². The Morgan fingerprint density at radius 2 is 1.90 bits per heavy atom. The minimum Gasteiger partial charge on any atom is -0.457 e. The Kier molecular flexibility index (Phi) is 5.01. The third-order valence-corrected chi connectivity index (χ3v) is 3.15. The van der Waals surface area contributed by atoms with E-state index in [1.54, 1.807) is 6.08 Å². The molecule has 0 fully saturated rings. The van der Waals surface area contributed by atoms with Crippen LogP contribution in [0.3, 0.4) is 0 Å². The fourth-order valence-electron chi connectivity index (χ4n) is 2.06. The van der Waals surface area contributed by atoms with Gasteiger partial charge >= 0.3 is 0 Å². The van der Waals surface area contributed by atoms with E-state index < -0.39 is 0 Å². The van der Waals surface area contributed by atoms with E-state index in [1.165, 1.54) is 0 Å². The lowest BCUT2D eigenvalue weighted by Crippen LogP contribution is -1.89. The number of benzene rings is 2. The maximum Gasteiger partial charge on any atom is 0.130 e. The molecule has 2 aromatic carbocycles. The summed E-state index contributed by atoms with van der Waals surface area (Å²) in [5.74, 6) is 4.22. The van der Waals surface area contributed by atoms with Crippen molar-refractivity contribution in [3.8, 4) is 23.8 Å². The summed E-state index contributed by atoms with van der Waals surface area (Å²) in [5, 5.41) is 0. The summed E-state index contributed by atoms with van der Waals surface area (Å²) in [5.41, 5.74) is 3.31. The van der Waals surface area contributed by atoms with Crippen LogP contribution in [-0.2, 0) is 0 Å². The fraction of sp³-hybridized carbons (Fsp3) is 0.100. The Morgan fingerprint density at radius 3 is 2.52 bits per heavy atom. The van der Waals surface area contributed by atoms with E-state index in [-0.39, 0.29) is 0 Å². The largest absolute Gasteiger partial charge is 0.457 e. The SMILES string of the molecule is C#C/C=C\C(=C/C)c1ccc(Oc2ccccc2)c(C)c1. The first kappa shape index (κ1) is 14.7. The molecule has 0 unspecified atom stereocenters. The lowest BCUT2D eigenvalue weighted by atomic mass is 10.0. The van der Waals surface area contributed by atoms with Gasteiger partial charge in [-0.05, 0) is 67.0 Å². The highest BCUT2D eigenvalue weighted by Crippen LogP contribution is 2.28. The first-order chi connectivity index (χ1) is 10.2. The number of ether oxygens (including phenoxy) is 1. The average molecular weight is 274 g/mol. The molecule has 0 aromatic heterocycles.